The van der Waals surface area contributed by atoms with Gasteiger partial charge in [0.15, 0.2) is 5.78 Å². The smallest absolute Gasteiger partial charge is 1.00 e. The summed E-state index contributed by atoms with van der Waals surface area (Å²) in [6.45, 7) is 0.476. The number of ether oxygens (including phenoxy) is 1. The van der Waals surface area contributed by atoms with E-state index in [1.165, 1.54) is 6.92 Å². The second kappa shape index (κ2) is 9.08. The Morgan fingerprint density at radius 3 is 2.00 bits per heavy atom. The average molecular weight is 310 g/mol. The number of carboxylic acids is 2. The zero-order valence-corrected chi connectivity index (χ0v) is 12.2. The molecule has 0 aromatic heterocycles. The Bertz CT molecular complexity index is 274. The number of aliphatic hydroxyl groups is 1. The molecule has 0 bridgehead atoms. The summed E-state index contributed by atoms with van der Waals surface area (Å²) in [7, 11) is 0. The predicted octanol–water partition coefficient (Wildman–Crippen LogP) is -1.42. The number of carbonyl (C=O) groups excluding carboxylic acids is 1. The van der Waals surface area contributed by atoms with E-state index in [2.05, 4.69) is 4.74 Å². The summed E-state index contributed by atoms with van der Waals surface area (Å²) in [6, 6.07) is 0. The number of carboxylic acid groups (broad SMARTS) is 2. The maximum absolute atomic E-state index is 11.3. The molecular formula is C8H14O7Sr. The molecule has 0 aliphatic heterocycles. The first-order valence-corrected chi connectivity index (χ1v) is 4.17. The molecule has 0 aromatic rings. The van der Waals surface area contributed by atoms with Crippen LogP contribution in [0.25, 0.3) is 0 Å². The van der Waals surface area contributed by atoms with Gasteiger partial charge in [0.05, 0.1) is 6.61 Å². The Labute approximate surface area is 132 Å². The number of hydrogen-bond donors (Lipinski definition) is 3. The molecular weight excluding hydrogens is 296 g/mol. The molecule has 0 aromatic carbocycles. The predicted molar refractivity (Wildman–Crippen MR) is 54.2 cm³/mol. The molecule has 16 heavy (non-hydrogen) atoms. The first kappa shape index (κ1) is 18.4. The maximum atomic E-state index is 11.3. The number of carbonyl (C=O) groups is 3. The second-order valence-electron chi connectivity index (χ2n) is 2.65. The molecule has 0 amide bonds. The van der Waals surface area contributed by atoms with Crippen LogP contribution in [0, 0.1) is 5.92 Å². The molecule has 0 saturated heterocycles. The molecule has 0 aliphatic carbocycles. The van der Waals surface area contributed by atoms with Crippen molar-refractivity contribution in [2.45, 2.75) is 13.0 Å². The van der Waals surface area contributed by atoms with Crippen LogP contribution in [0.3, 0.4) is 0 Å². The fraction of sp³-hybridized carbons (Fsp3) is 0.625. The molecule has 0 saturated carbocycles. The van der Waals surface area contributed by atoms with Gasteiger partial charge in [-0.2, -0.15) is 0 Å². The van der Waals surface area contributed by atoms with E-state index in [1.807, 2.05) is 0 Å². The SMILES string of the molecule is CCOC(C(=O)O)C(=O)C(CO)C(=O)O.[H-].[H-].[Sr+2]. The van der Waals surface area contributed by atoms with Crippen LogP contribution in [0.15, 0.2) is 0 Å². The van der Waals surface area contributed by atoms with E-state index in [0.29, 0.717) is 0 Å². The standard InChI is InChI=1S/C8H12O7.Sr.2H/c1-2-15-6(8(13)14)5(10)4(3-9)7(11)12;;;/h4,6,9H,2-3H2,1H3,(H,11,12)(H,13,14);;;/q;+2;2*-1. The molecule has 90 valence electrons. The Kier molecular flexibility index (Phi) is 10.4. The van der Waals surface area contributed by atoms with Crippen molar-refractivity contribution in [1.82, 2.24) is 0 Å². The topological polar surface area (TPSA) is 121 Å². The summed E-state index contributed by atoms with van der Waals surface area (Å²) < 4.78 is 4.57. The number of aliphatic carboxylic acids is 2. The summed E-state index contributed by atoms with van der Waals surface area (Å²) in [6.07, 6.45) is -1.84. The van der Waals surface area contributed by atoms with Gasteiger partial charge in [0.2, 0.25) is 6.10 Å². The number of hydrogen-bond acceptors (Lipinski definition) is 5. The third kappa shape index (κ3) is 5.37. The van der Waals surface area contributed by atoms with E-state index in [9.17, 15) is 14.4 Å². The van der Waals surface area contributed by atoms with E-state index in [1.54, 1.807) is 0 Å². The van der Waals surface area contributed by atoms with Crippen molar-refractivity contribution < 1.29 is 37.3 Å². The summed E-state index contributed by atoms with van der Waals surface area (Å²) >= 11 is 0. The van der Waals surface area contributed by atoms with Crippen molar-refractivity contribution in [2.75, 3.05) is 13.2 Å². The Morgan fingerprint density at radius 1 is 1.25 bits per heavy atom. The zero-order chi connectivity index (χ0) is 12.0. The van der Waals surface area contributed by atoms with Crippen LogP contribution in [0.1, 0.15) is 9.78 Å². The van der Waals surface area contributed by atoms with Crippen LogP contribution in [0.4, 0.5) is 0 Å². The molecule has 0 spiro atoms. The molecule has 0 rings (SSSR count). The quantitative estimate of drug-likeness (QED) is 0.390. The van der Waals surface area contributed by atoms with E-state index >= 15 is 0 Å². The third-order valence-corrected chi connectivity index (χ3v) is 1.64. The number of rotatable bonds is 7. The first-order valence-electron chi connectivity index (χ1n) is 4.17. The average Bonchev–Trinajstić information content (AvgIpc) is 2.13. The van der Waals surface area contributed by atoms with Crippen molar-refractivity contribution in [3.05, 3.63) is 0 Å². The normalized spacial score (nSPS) is 13.4. The van der Waals surface area contributed by atoms with Gasteiger partial charge in [-0.05, 0) is 6.92 Å². The van der Waals surface area contributed by atoms with E-state index in [4.69, 9.17) is 15.3 Å². The molecule has 3 N–H and O–H groups in total. The molecule has 0 heterocycles. The molecule has 0 aliphatic rings. The second-order valence-corrected chi connectivity index (χ2v) is 2.65. The molecule has 7 nitrogen and oxygen atoms in total. The van der Waals surface area contributed by atoms with Gasteiger partial charge < -0.3 is 22.9 Å². The fourth-order valence-corrected chi connectivity index (χ4v) is 0.914. The zero-order valence-electron chi connectivity index (χ0n) is 10.8. The van der Waals surface area contributed by atoms with Crippen molar-refractivity contribution in [2.24, 2.45) is 5.92 Å². The molecule has 0 radical (unpaired) electrons. The Hall–Kier alpha value is 0.0105. The molecule has 2 unspecified atom stereocenters. The number of Topliss-reactive ketones (excluding diaryl/α,β-unsaturated/α-hetero) is 1. The summed E-state index contributed by atoms with van der Waals surface area (Å²) in [5.74, 6) is -6.08. The van der Waals surface area contributed by atoms with Gasteiger partial charge in [0.1, 0.15) is 5.92 Å². The van der Waals surface area contributed by atoms with Crippen LogP contribution in [-0.4, -0.2) is 97.8 Å². The van der Waals surface area contributed by atoms with Gasteiger partial charge in [-0.3, -0.25) is 9.59 Å². The summed E-state index contributed by atoms with van der Waals surface area (Å²) in [5, 5.41) is 25.7. The van der Waals surface area contributed by atoms with E-state index in [-0.39, 0.29) is 54.9 Å². The van der Waals surface area contributed by atoms with Gasteiger partial charge in [-0.1, -0.05) is 0 Å². The van der Waals surface area contributed by atoms with E-state index in [0.717, 1.165) is 0 Å². The number of aliphatic hydroxyl groups excluding tert-OH is 1. The van der Waals surface area contributed by atoms with Gasteiger partial charge in [-0.25, -0.2) is 4.79 Å². The summed E-state index contributed by atoms with van der Waals surface area (Å²) in [5.41, 5.74) is 0. The van der Waals surface area contributed by atoms with E-state index < -0.39 is 36.4 Å². The van der Waals surface area contributed by atoms with Crippen molar-refractivity contribution >= 4 is 63.2 Å². The first-order chi connectivity index (χ1) is 6.95. The third-order valence-electron chi connectivity index (χ3n) is 1.64. The monoisotopic (exact) mass is 310 g/mol. The number of ketones is 1. The van der Waals surface area contributed by atoms with Gasteiger partial charge in [0, 0.05) is 6.61 Å². The minimum Gasteiger partial charge on any atom is -1.00 e. The van der Waals surface area contributed by atoms with Crippen LogP contribution in [0.2, 0.25) is 0 Å². The molecule has 2 atom stereocenters. The van der Waals surface area contributed by atoms with Crippen molar-refractivity contribution in [1.29, 1.82) is 0 Å². The minimum absolute atomic E-state index is 0. The Morgan fingerprint density at radius 2 is 1.75 bits per heavy atom. The van der Waals surface area contributed by atoms with Gasteiger partial charge >= 0.3 is 57.4 Å². The van der Waals surface area contributed by atoms with Crippen LogP contribution in [0.5, 0.6) is 0 Å². The van der Waals surface area contributed by atoms with Crippen LogP contribution >= 0.6 is 0 Å². The fourth-order valence-electron chi connectivity index (χ4n) is 0.914. The van der Waals surface area contributed by atoms with Crippen LogP contribution < -0.4 is 0 Å². The van der Waals surface area contributed by atoms with Crippen molar-refractivity contribution in [3.8, 4) is 0 Å². The minimum atomic E-state index is -1.84. The molecule has 0 fully saturated rings. The maximum Gasteiger partial charge on any atom is 2.00 e. The van der Waals surface area contributed by atoms with Crippen LogP contribution in [-0.2, 0) is 19.1 Å². The van der Waals surface area contributed by atoms with Crippen molar-refractivity contribution in [3.63, 3.8) is 0 Å². The summed E-state index contributed by atoms with van der Waals surface area (Å²) in [4.78, 5) is 32.3. The van der Waals surface area contributed by atoms with Gasteiger partial charge in [0.25, 0.3) is 0 Å². The van der Waals surface area contributed by atoms with Gasteiger partial charge in [-0.15, -0.1) is 0 Å². The molecule has 8 heteroatoms. The Balaban J connectivity index is -0.000000327. The largest absolute Gasteiger partial charge is 2.00 e.